The van der Waals surface area contributed by atoms with Crippen LogP contribution in [0.2, 0.25) is 5.02 Å². The molecule has 0 aromatic heterocycles. The zero-order valence-corrected chi connectivity index (χ0v) is 18.5. The van der Waals surface area contributed by atoms with Gasteiger partial charge >= 0.3 is 0 Å². The molecule has 2 amide bonds. The topological polar surface area (TPSA) is 95.6 Å². The van der Waals surface area contributed by atoms with Gasteiger partial charge in [0.05, 0.1) is 10.7 Å². The summed E-state index contributed by atoms with van der Waals surface area (Å²) in [6.07, 6.45) is 5.36. The van der Waals surface area contributed by atoms with Gasteiger partial charge in [-0.25, -0.2) is 8.42 Å². The van der Waals surface area contributed by atoms with Gasteiger partial charge in [-0.15, -0.1) is 0 Å². The first-order valence-corrected chi connectivity index (χ1v) is 12.2. The number of nitrogens with one attached hydrogen (secondary N) is 2. The van der Waals surface area contributed by atoms with Crippen molar-refractivity contribution in [2.45, 2.75) is 43.4 Å². The van der Waals surface area contributed by atoms with Gasteiger partial charge in [-0.1, -0.05) is 49.1 Å². The van der Waals surface area contributed by atoms with Crippen LogP contribution in [0.25, 0.3) is 0 Å². The molecule has 31 heavy (non-hydrogen) atoms. The van der Waals surface area contributed by atoms with E-state index in [1.807, 2.05) is 12.1 Å². The monoisotopic (exact) mass is 461 g/mol. The maximum Gasteiger partial charge on any atom is 0.269 e. The Labute approximate surface area is 186 Å². The molecule has 0 saturated heterocycles. The van der Waals surface area contributed by atoms with E-state index < -0.39 is 15.9 Å². The Morgan fingerprint density at radius 1 is 1.00 bits per heavy atom. The van der Waals surface area contributed by atoms with Crippen molar-refractivity contribution in [1.29, 1.82) is 0 Å². The van der Waals surface area contributed by atoms with E-state index in [-0.39, 0.29) is 27.3 Å². The van der Waals surface area contributed by atoms with Crippen molar-refractivity contribution >= 4 is 39.1 Å². The largest absolute Gasteiger partial charge is 0.273 e. The molecule has 1 heterocycles. The number of benzene rings is 2. The van der Waals surface area contributed by atoms with Gasteiger partial charge in [-0.2, -0.15) is 0 Å². The van der Waals surface area contributed by atoms with Gasteiger partial charge in [0.1, 0.15) is 4.90 Å². The predicted molar refractivity (Wildman–Crippen MR) is 118 cm³/mol. The Morgan fingerprint density at radius 2 is 1.74 bits per heavy atom. The SMILES string of the molecule is O=C(NNC(=O)C1CCCCC1)c1ccc(Cl)c(S(=O)(=O)N2CCc3ccccc32)c1. The summed E-state index contributed by atoms with van der Waals surface area (Å²) in [6, 6.07) is 11.4. The lowest BCUT2D eigenvalue weighted by Crippen LogP contribution is -2.45. The number of carbonyl (C=O) groups excluding carboxylic acids is 2. The van der Waals surface area contributed by atoms with Crippen LogP contribution in [0.1, 0.15) is 48.0 Å². The third-order valence-electron chi connectivity index (χ3n) is 5.88. The third-order valence-corrected chi connectivity index (χ3v) is 8.18. The summed E-state index contributed by atoms with van der Waals surface area (Å²) in [7, 11) is -3.95. The van der Waals surface area contributed by atoms with Crippen LogP contribution in [0.3, 0.4) is 0 Å². The molecule has 9 heteroatoms. The van der Waals surface area contributed by atoms with Gasteiger partial charge in [-0.05, 0) is 49.1 Å². The van der Waals surface area contributed by atoms with Crippen LogP contribution in [0, 0.1) is 5.92 Å². The second-order valence-corrected chi connectivity index (χ2v) is 10.1. The van der Waals surface area contributed by atoms with Gasteiger partial charge in [0.15, 0.2) is 0 Å². The normalized spacial score (nSPS) is 16.6. The number of para-hydroxylation sites is 1. The van der Waals surface area contributed by atoms with Gasteiger partial charge in [0.25, 0.3) is 15.9 Å². The van der Waals surface area contributed by atoms with Gasteiger partial charge in [0, 0.05) is 18.0 Å². The molecule has 7 nitrogen and oxygen atoms in total. The summed E-state index contributed by atoms with van der Waals surface area (Å²) < 4.78 is 27.9. The molecule has 2 aromatic rings. The number of hydrazine groups is 1. The maximum absolute atomic E-state index is 13.3. The Balaban J connectivity index is 1.52. The highest BCUT2D eigenvalue weighted by Crippen LogP contribution is 2.35. The van der Waals surface area contributed by atoms with E-state index in [4.69, 9.17) is 11.6 Å². The van der Waals surface area contributed by atoms with Crippen LogP contribution in [-0.2, 0) is 21.2 Å². The van der Waals surface area contributed by atoms with E-state index >= 15 is 0 Å². The molecule has 0 atom stereocenters. The van der Waals surface area contributed by atoms with Crippen molar-refractivity contribution < 1.29 is 18.0 Å². The van der Waals surface area contributed by atoms with E-state index in [2.05, 4.69) is 10.9 Å². The van der Waals surface area contributed by atoms with Gasteiger partial charge in [0.2, 0.25) is 5.91 Å². The fourth-order valence-corrected chi connectivity index (χ4v) is 6.18. The van der Waals surface area contributed by atoms with Crippen molar-refractivity contribution in [1.82, 2.24) is 10.9 Å². The van der Waals surface area contributed by atoms with Crippen LogP contribution in [-0.4, -0.2) is 26.8 Å². The minimum Gasteiger partial charge on any atom is -0.273 e. The lowest BCUT2D eigenvalue weighted by Gasteiger charge is -2.21. The molecule has 164 valence electrons. The number of fused-ring (bicyclic) bond motifs is 1. The number of anilines is 1. The predicted octanol–water partition coefficient (Wildman–Crippen LogP) is 3.43. The minimum absolute atomic E-state index is 0.0344. The second-order valence-electron chi connectivity index (χ2n) is 7.88. The summed E-state index contributed by atoms with van der Waals surface area (Å²) >= 11 is 6.21. The fourth-order valence-electron chi connectivity index (χ4n) is 4.18. The second kappa shape index (κ2) is 8.88. The first-order chi connectivity index (χ1) is 14.9. The number of rotatable bonds is 4. The summed E-state index contributed by atoms with van der Waals surface area (Å²) in [5.41, 5.74) is 6.51. The number of sulfonamides is 1. The molecule has 0 unspecified atom stereocenters. The number of hydrogen-bond acceptors (Lipinski definition) is 4. The first-order valence-electron chi connectivity index (χ1n) is 10.4. The summed E-state index contributed by atoms with van der Waals surface area (Å²) in [6.45, 7) is 0.311. The molecule has 0 spiro atoms. The standard InChI is InChI=1S/C22H24ClN3O4S/c23-18-11-10-17(22(28)25-24-21(27)16-7-2-1-3-8-16)14-20(18)31(29,30)26-13-12-15-6-4-5-9-19(15)26/h4-6,9-11,14,16H,1-3,7-8,12-13H2,(H,24,27)(H,25,28). The highest BCUT2D eigenvalue weighted by Gasteiger charge is 2.32. The molecule has 4 rings (SSSR count). The average molecular weight is 462 g/mol. The van der Waals surface area contributed by atoms with Gasteiger partial charge in [-0.3, -0.25) is 24.7 Å². The van der Waals surface area contributed by atoms with Gasteiger partial charge < -0.3 is 0 Å². The summed E-state index contributed by atoms with van der Waals surface area (Å²) in [5.74, 6) is -0.923. The van der Waals surface area contributed by atoms with Crippen molar-refractivity contribution in [3.8, 4) is 0 Å². The van der Waals surface area contributed by atoms with E-state index in [0.717, 1.165) is 37.7 Å². The first kappa shape index (κ1) is 21.6. The number of nitrogens with zero attached hydrogens (tertiary/aromatic N) is 1. The molecule has 2 N–H and O–H groups in total. The van der Waals surface area contributed by atoms with Crippen LogP contribution >= 0.6 is 11.6 Å². The highest BCUT2D eigenvalue weighted by atomic mass is 35.5. The molecule has 2 aromatic carbocycles. The summed E-state index contributed by atoms with van der Waals surface area (Å²) in [5, 5.41) is 0.0344. The summed E-state index contributed by atoms with van der Waals surface area (Å²) in [4.78, 5) is 24.7. The molecule has 1 fully saturated rings. The lowest BCUT2D eigenvalue weighted by molar-refractivity contribution is -0.126. The van der Waals surface area contributed by atoms with Crippen molar-refractivity contribution in [3.05, 3.63) is 58.6 Å². The molecular formula is C22H24ClN3O4S. The minimum atomic E-state index is -3.95. The molecule has 1 saturated carbocycles. The third kappa shape index (κ3) is 4.41. The zero-order valence-electron chi connectivity index (χ0n) is 16.9. The molecule has 0 radical (unpaired) electrons. The quantitative estimate of drug-likeness (QED) is 0.682. The van der Waals surface area contributed by atoms with E-state index in [9.17, 15) is 18.0 Å². The van der Waals surface area contributed by atoms with Crippen LogP contribution in [0.15, 0.2) is 47.4 Å². The molecule has 2 aliphatic rings. The average Bonchev–Trinajstić information content (AvgIpc) is 3.23. The highest BCUT2D eigenvalue weighted by molar-refractivity contribution is 7.93. The maximum atomic E-state index is 13.3. The van der Waals surface area contributed by atoms with E-state index in [0.29, 0.717) is 18.7 Å². The van der Waals surface area contributed by atoms with E-state index in [1.165, 1.54) is 22.5 Å². The number of carbonyl (C=O) groups is 2. The van der Waals surface area contributed by atoms with Crippen molar-refractivity contribution in [2.75, 3.05) is 10.8 Å². The fraction of sp³-hybridized carbons (Fsp3) is 0.364. The van der Waals surface area contributed by atoms with Crippen LogP contribution < -0.4 is 15.2 Å². The smallest absolute Gasteiger partial charge is 0.269 e. The van der Waals surface area contributed by atoms with Crippen LogP contribution in [0.4, 0.5) is 5.69 Å². The molecular weight excluding hydrogens is 438 g/mol. The van der Waals surface area contributed by atoms with Crippen molar-refractivity contribution in [3.63, 3.8) is 0 Å². The number of hydrogen-bond donors (Lipinski definition) is 2. The van der Waals surface area contributed by atoms with Crippen molar-refractivity contribution in [2.24, 2.45) is 5.92 Å². The lowest BCUT2D eigenvalue weighted by atomic mass is 9.89. The number of amides is 2. The zero-order chi connectivity index (χ0) is 22.0. The Morgan fingerprint density at radius 3 is 2.52 bits per heavy atom. The Bertz CT molecular complexity index is 1110. The number of halogens is 1. The van der Waals surface area contributed by atoms with Crippen LogP contribution in [0.5, 0.6) is 0 Å². The Kier molecular flexibility index (Phi) is 6.20. The van der Waals surface area contributed by atoms with E-state index in [1.54, 1.807) is 12.1 Å². The Hall–Kier alpha value is -2.58. The molecule has 0 bridgehead atoms. The molecule has 1 aliphatic heterocycles. The molecule has 1 aliphatic carbocycles.